The van der Waals surface area contributed by atoms with E-state index in [1.165, 1.54) is 13.3 Å². The molecule has 0 atom stereocenters. The Balaban J connectivity index is 2.31. The second-order valence-electron chi connectivity index (χ2n) is 4.55. The topological polar surface area (TPSA) is 65.5 Å². The van der Waals surface area contributed by atoms with Crippen molar-refractivity contribution in [1.29, 1.82) is 0 Å². The fourth-order valence-corrected chi connectivity index (χ4v) is 2.22. The van der Waals surface area contributed by atoms with E-state index in [0.717, 1.165) is 11.6 Å². The maximum Gasteiger partial charge on any atom is 0.534 e. The third-order valence-corrected chi connectivity index (χ3v) is 3.92. The number of rotatable bonds is 4. The Bertz CT molecular complexity index is 802. The van der Waals surface area contributed by atoms with Crippen LogP contribution in [-0.4, -0.2) is 26.0 Å². The number of aromatic nitrogens is 1. The molecule has 0 saturated heterocycles. The molecule has 0 saturated carbocycles. The van der Waals surface area contributed by atoms with Crippen LogP contribution in [0.3, 0.4) is 0 Å². The maximum absolute atomic E-state index is 12.3. The van der Waals surface area contributed by atoms with Gasteiger partial charge in [-0.1, -0.05) is 12.1 Å². The lowest BCUT2D eigenvalue weighted by Crippen LogP contribution is -2.28. The van der Waals surface area contributed by atoms with Gasteiger partial charge in [-0.15, -0.1) is 0 Å². The van der Waals surface area contributed by atoms with Crippen molar-refractivity contribution in [2.45, 2.75) is 12.4 Å². The molecule has 1 aromatic heterocycles. The SMILES string of the molecule is COc1ccc(-c2cnc(OS(=O)(=O)C(F)(F)F)cc2C)cc1. The molecule has 0 spiro atoms. The van der Waals surface area contributed by atoms with Gasteiger partial charge in [0.2, 0.25) is 5.88 Å². The smallest absolute Gasteiger partial charge is 0.497 e. The van der Waals surface area contributed by atoms with E-state index in [9.17, 15) is 21.6 Å². The van der Waals surface area contributed by atoms with Crippen molar-refractivity contribution in [2.24, 2.45) is 0 Å². The zero-order valence-electron chi connectivity index (χ0n) is 12.1. The van der Waals surface area contributed by atoms with Crippen LogP contribution in [-0.2, 0) is 10.1 Å². The Morgan fingerprint density at radius 1 is 1.13 bits per heavy atom. The lowest BCUT2D eigenvalue weighted by Gasteiger charge is -2.11. The van der Waals surface area contributed by atoms with Crippen molar-refractivity contribution in [3.8, 4) is 22.8 Å². The van der Waals surface area contributed by atoms with Gasteiger partial charge in [0.05, 0.1) is 7.11 Å². The molecule has 5 nitrogen and oxygen atoms in total. The summed E-state index contributed by atoms with van der Waals surface area (Å²) >= 11 is 0. The van der Waals surface area contributed by atoms with Crippen LogP contribution in [0.5, 0.6) is 11.6 Å². The Labute approximate surface area is 130 Å². The predicted molar refractivity (Wildman–Crippen MR) is 76.6 cm³/mol. The van der Waals surface area contributed by atoms with E-state index < -0.39 is 21.5 Å². The van der Waals surface area contributed by atoms with Crippen LogP contribution < -0.4 is 8.92 Å². The number of ether oxygens (including phenoxy) is 1. The molecule has 1 aromatic carbocycles. The molecule has 0 bridgehead atoms. The third-order valence-electron chi connectivity index (χ3n) is 2.97. The van der Waals surface area contributed by atoms with E-state index >= 15 is 0 Å². The normalized spacial score (nSPS) is 12.0. The summed E-state index contributed by atoms with van der Waals surface area (Å²) in [5.74, 6) is 0.00710. The molecule has 0 aliphatic carbocycles. The van der Waals surface area contributed by atoms with Crippen molar-refractivity contribution in [2.75, 3.05) is 7.11 Å². The molecule has 0 aliphatic rings. The summed E-state index contributed by atoms with van der Waals surface area (Å²) in [7, 11) is -4.21. The zero-order valence-corrected chi connectivity index (χ0v) is 12.9. The van der Waals surface area contributed by atoms with Crippen molar-refractivity contribution >= 4 is 10.1 Å². The molecule has 0 radical (unpaired) electrons. The number of methoxy groups -OCH3 is 1. The Morgan fingerprint density at radius 3 is 2.22 bits per heavy atom. The van der Waals surface area contributed by atoms with E-state index in [2.05, 4.69) is 9.17 Å². The molecule has 0 amide bonds. The average Bonchev–Trinajstić information content (AvgIpc) is 2.46. The summed E-state index contributed by atoms with van der Waals surface area (Å²) < 4.78 is 67.8. The summed E-state index contributed by atoms with van der Waals surface area (Å²) in [6.45, 7) is 1.61. The van der Waals surface area contributed by atoms with Crippen LogP contribution in [0, 0.1) is 6.92 Å². The molecular formula is C14H12F3NO4S. The Hall–Kier alpha value is -2.29. The van der Waals surface area contributed by atoms with E-state index in [1.54, 1.807) is 31.2 Å². The summed E-state index contributed by atoms with van der Waals surface area (Å²) in [5.41, 5.74) is -3.61. The quantitative estimate of drug-likeness (QED) is 0.627. The lowest BCUT2D eigenvalue weighted by molar-refractivity contribution is -0.0501. The first kappa shape index (κ1) is 17.1. The first-order valence-electron chi connectivity index (χ1n) is 6.26. The van der Waals surface area contributed by atoms with Gasteiger partial charge < -0.3 is 8.92 Å². The number of aryl methyl sites for hydroxylation is 1. The van der Waals surface area contributed by atoms with Crippen LogP contribution in [0.15, 0.2) is 36.5 Å². The lowest BCUT2D eigenvalue weighted by atomic mass is 10.0. The van der Waals surface area contributed by atoms with E-state index in [0.29, 0.717) is 16.9 Å². The molecule has 23 heavy (non-hydrogen) atoms. The molecule has 1 heterocycles. The van der Waals surface area contributed by atoms with Crippen LogP contribution in [0.25, 0.3) is 11.1 Å². The van der Waals surface area contributed by atoms with Crippen molar-refractivity contribution in [1.82, 2.24) is 4.98 Å². The number of alkyl halides is 3. The summed E-state index contributed by atoms with van der Waals surface area (Å²) in [6, 6.07) is 8.05. The minimum Gasteiger partial charge on any atom is -0.497 e. The molecule has 2 aromatic rings. The molecular weight excluding hydrogens is 335 g/mol. The van der Waals surface area contributed by atoms with Crippen molar-refractivity contribution in [3.05, 3.63) is 42.1 Å². The number of nitrogens with zero attached hydrogens (tertiary/aromatic N) is 1. The second-order valence-corrected chi connectivity index (χ2v) is 6.09. The van der Waals surface area contributed by atoms with Crippen molar-refractivity contribution < 1.29 is 30.5 Å². The molecule has 0 fully saturated rings. The van der Waals surface area contributed by atoms with Gasteiger partial charge in [-0.3, -0.25) is 0 Å². The first-order valence-corrected chi connectivity index (χ1v) is 7.67. The van der Waals surface area contributed by atoms with E-state index in [1.807, 2.05) is 0 Å². The number of pyridine rings is 1. The van der Waals surface area contributed by atoms with Gasteiger partial charge in [0.1, 0.15) is 5.75 Å². The average molecular weight is 347 g/mol. The van der Waals surface area contributed by atoms with E-state index in [4.69, 9.17) is 4.74 Å². The largest absolute Gasteiger partial charge is 0.534 e. The highest BCUT2D eigenvalue weighted by molar-refractivity contribution is 7.87. The number of halogens is 3. The highest BCUT2D eigenvalue weighted by Crippen LogP contribution is 2.29. The highest BCUT2D eigenvalue weighted by atomic mass is 32.2. The Morgan fingerprint density at radius 2 is 1.74 bits per heavy atom. The molecule has 2 rings (SSSR count). The fourth-order valence-electron chi connectivity index (χ4n) is 1.81. The number of benzene rings is 1. The monoisotopic (exact) mass is 347 g/mol. The molecule has 0 N–H and O–H groups in total. The van der Waals surface area contributed by atoms with Gasteiger partial charge in [0, 0.05) is 17.8 Å². The predicted octanol–water partition coefficient (Wildman–Crippen LogP) is 3.29. The summed E-state index contributed by atoms with van der Waals surface area (Å²) in [4.78, 5) is 3.62. The van der Waals surface area contributed by atoms with Crippen molar-refractivity contribution in [3.63, 3.8) is 0 Å². The van der Waals surface area contributed by atoms with Crippen LogP contribution in [0.2, 0.25) is 0 Å². The van der Waals surface area contributed by atoms with Gasteiger partial charge in [0.15, 0.2) is 0 Å². The number of hydrogen-bond donors (Lipinski definition) is 0. The van der Waals surface area contributed by atoms with Gasteiger partial charge in [-0.05, 0) is 30.2 Å². The van der Waals surface area contributed by atoms with Gasteiger partial charge in [-0.25, -0.2) is 4.98 Å². The van der Waals surface area contributed by atoms with Crippen LogP contribution >= 0.6 is 0 Å². The highest BCUT2D eigenvalue weighted by Gasteiger charge is 2.48. The minimum absolute atomic E-state index is 0.512. The first-order chi connectivity index (χ1) is 10.6. The van der Waals surface area contributed by atoms with Gasteiger partial charge >= 0.3 is 15.6 Å². The molecule has 9 heteroatoms. The Kier molecular flexibility index (Phi) is 4.51. The maximum atomic E-state index is 12.3. The second kappa shape index (κ2) is 6.07. The summed E-state index contributed by atoms with van der Waals surface area (Å²) in [6.07, 6.45) is 1.25. The van der Waals surface area contributed by atoms with E-state index in [-0.39, 0.29) is 0 Å². The molecule has 0 unspecified atom stereocenters. The van der Waals surface area contributed by atoms with Gasteiger partial charge in [0.25, 0.3) is 0 Å². The van der Waals surface area contributed by atoms with Crippen LogP contribution in [0.4, 0.5) is 13.2 Å². The fraction of sp³-hybridized carbons (Fsp3) is 0.214. The zero-order chi connectivity index (χ0) is 17.3. The number of hydrogen-bond acceptors (Lipinski definition) is 5. The third kappa shape index (κ3) is 3.73. The van der Waals surface area contributed by atoms with Crippen LogP contribution in [0.1, 0.15) is 5.56 Å². The molecule has 124 valence electrons. The standard InChI is InChI=1S/C14H12F3NO4S/c1-9-7-13(22-23(19,20)14(15,16)17)18-8-12(9)10-3-5-11(21-2)6-4-10/h3-8H,1-2H3. The molecule has 0 aliphatic heterocycles. The minimum atomic E-state index is -5.73. The van der Waals surface area contributed by atoms with Gasteiger partial charge in [-0.2, -0.15) is 21.6 Å². The summed E-state index contributed by atoms with van der Waals surface area (Å²) in [5, 5.41) is 0.